The molecule has 0 fully saturated rings. The smallest absolute Gasteiger partial charge is 0.367 e. The minimum absolute atomic E-state index is 0.0775. The van der Waals surface area contributed by atoms with Crippen molar-refractivity contribution in [3.05, 3.63) is 47.0 Å². The van der Waals surface area contributed by atoms with Crippen LogP contribution < -0.4 is 5.32 Å². The summed E-state index contributed by atoms with van der Waals surface area (Å²) in [6, 6.07) is 5.86. The minimum atomic E-state index is -4.36. The van der Waals surface area contributed by atoms with Crippen molar-refractivity contribution in [1.82, 2.24) is 24.4 Å². The first-order valence-corrected chi connectivity index (χ1v) is 10.5. The summed E-state index contributed by atoms with van der Waals surface area (Å²) in [5.41, 5.74) is 1.10. The average Bonchev–Trinajstić information content (AvgIpc) is 3.06. The van der Waals surface area contributed by atoms with Crippen LogP contribution in [0.25, 0.3) is 11.2 Å². The monoisotopic (exact) mass is 454 g/mol. The molecule has 0 spiro atoms. The Balaban J connectivity index is 1.78. The molecule has 0 saturated carbocycles. The van der Waals surface area contributed by atoms with Gasteiger partial charge in [0.1, 0.15) is 0 Å². The molecule has 0 aliphatic carbocycles. The van der Waals surface area contributed by atoms with Crippen LogP contribution in [0.4, 0.5) is 19.0 Å². The Kier molecular flexibility index (Phi) is 7.06. The summed E-state index contributed by atoms with van der Waals surface area (Å²) in [6.45, 7) is 10.4. The molecule has 168 valence electrons. The number of hydrogen-bond donors (Lipinski definition) is 1. The number of halogens is 4. The fraction of sp³-hybridized carbons (Fsp3) is 0.476. The Morgan fingerprint density at radius 1 is 1.06 bits per heavy atom. The van der Waals surface area contributed by atoms with Crippen molar-refractivity contribution in [2.45, 2.75) is 52.5 Å². The maximum absolute atomic E-state index is 12.8. The Bertz CT molecular complexity index is 1010. The van der Waals surface area contributed by atoms with Crippen molar-refractivity contribution in [2.75, 3.05) is 18.4 Å². The normalized spacial score (nSPS) is 12.5. The number of rotatable bonds is 8. The van der Waals surface area contributed by atoms with Gasteiger partial charge in [0.2, 0.25) is 5.28 Å². The second-order valence-electron chi connectivity index (χ2n) is 7.93. The molecule has 6 nitrogen and oxygen atoms in total. The van der Waals surface area contributed by atoms with Crippen LogP contribution in [0, 0.1) is 0 Å². The van der Waals surface area contributed by atoms with Crippen LogP contribution in [0.1, 0.15) is 38.8 Å². The summed E-state index contributed by atoms with van der Waals surface area (Å²) in [6.07, 6.45) is -2.77. The molecule has 0 unspecified atom stereocenters. The highest BCUT2D eigenvalue weighted by atomic mass is 35.5. The topological polar surface area (TPSA) is 58.9 Å². The zero-order chi connectivity index (χ0) is 22.8. The van der Waals surface area contributed by atoms with E-state index in [9.17, 15) is 13.2 Å². The van der Waals surface area contributed by atoms with Crippen molar-refractivity contribution in [3.63, 3.8) is 0 Å². The van der Waals surface area contributed by atoms with E-state index in [0.717, 1.165) is 18.7 Å². The molecule has 0 saturated heterocycles. The van der Waals surface area contributed by atoms with Crippen LogP contribution in [-0.4, -0.2) is 49.6 Å². The van der Waals surface area contributed by atoms with Gasteiger partial charge in [-0.05, 0) is 57.0 Å². The lowest BCUT2D eigenvalue weighted by atomic mass is 10.1. The standard InChI is InChI=1S/C21H26ClF3N6/c1-13(2)31(14(3)4)10-9-26-18-17-19(29-20(22)28-18)30(12-27-17)11-15-5-7-16(8-6-15)21(23,24)25/h5-8,12-14H,9-11H2,1-4H3,(H,26,28,29). The summed E-state index contributed by atoms with van der Waals surface area (Å²) >= 11 is 6.13. The maximum Gasteiger partial charge on any atom is 0.416 e. The number of benzene rings is 1. The highest BCUT2D eigenvalue weighted by Gasteiger charge is 2.30. The summed E-state index contributed by atoms with van der Waals surface area (Å²) in [5, 5.41) is 3.37. The molecule has 0 atom stereocenters. The predicted octanol–water partition coefficient (Wildman–Crippen LogP) is 5.08. The number of alkyl halides is 3. The van der Waals surface area contributed by atoms with Crippen LogP contribution in [0.2, 0.25) is 5.28 Å². The molecule has 0 aliphatic heterocycles. The van der Waals surface area contributed by atoms with Crippen LogP contribution in [0.15, 0.2) is 30.6 Å². The van der Waals surface area contributed by atoms with Crippen molar-refractivity contribution in [2.24, 2.45) is 0 Å². The molecule has 3 aromatic rings. The van der Waals surface area contributed by atoms with Gasteiger partial charge in [-0.3, -0.25) is 4.90 Å². The Labute approximate surface area is 184 Å². The van der Waals surface area contributed by atoms with Gasteiger partial charge in [-0.2, -0.15) is 23.1 Å². The van der Waals surface area contributed by atoms with Gasteiger partial charge in [0, 0.05) is 25.2 Å². The van der Waals surface area contributed by atoms with Gasteiger partial charge in [0.15, 0.2) is 17.0 Å². The lowest BCUT2D eigenvalue weighted by Crippen LogP contribution is -2.40. The van der Waals surface area contributed by atoms with Crippen molar-refractivity contribution >= 4 is 28.6 Å². The number of anilines is 1. The van der Waals surface area contributed by atoms with E-state index in [1.165, 1.54) is 12.1 Å². The van der Waals surface area contributed by atoms with Gasteiger partial charge in [0.05, 0.1) is 18.4 Å². The average molecular weight is 455 g/mol. The summed E-state index contributed by atoms with van der Waals surface area (Å²) < 4.78 is 40.1. The van der Waals surface area contributed by atoms with Gasteiger partial charge in [-0.1, -0.05) is 12.1 Å². The number of aromatic nitrogens is 4. The molecule has 10 heteroatoms. The molecular weight excluding hydrogens is 429 g/mol. The van der Waals surface area contributed by atoms with E-state index in [2.05, 4.69) is 52.9 Å². The van der Waals surface area contributed by atoms with Gasteiger partial charge < -0.3 is 9.88 Å². The van der Waals surface area contributed by atoms with E-state index >= 15 is 0 Å². The molecule has 0 amide bonds. The van der Waals surface area contributed by atoms with E-state index in [1.54, 1.807) is 10.9 Å². The van der Waals surface area contributed by atoms with Crippen molar-refractivity contribution in [3.8, 4) is 0 Å². The first-order chi connectivity index (χ1) is 14.6. The third-order valence-corrected chi connectivity index (χ3v) is 5.23. The van der Waals surface area contributed by atoms with Crippen LogP contribution in [-0.2, 0) is 12.7 Å². The molecule has 0 aliphatic rings. The van der Waals surface area contributed by atoms with Crippen LogP contribution in [0.3, 0.4) is 0 Å². The van der Waals surface area contributed by atoms with Crippen LogP contribution >= 0.6 is 11.6 Å². The Morgan fingerprint density at radius 2 is 1.71 bits per heavy atom. The molecule has 3 rings (SSSR count). The quantitative estimate of drug-likeness (QED) is 0.481. The summed E-state index contributed by atoms with van der Waals surface area (Å²) in [7, 11) is 0. The van der Waals surface area contributed by atoms with E-state index < -0.39 is 11.7 Å². The third kappa shape index (κ3) is 5.65. The molecule has 2 aromatic heterocycles. The van der Waals surface area contributed by atoms with Gasteiger partial charge in [-0.15, -0.1) is 0 Å². The minimum Gasteiger partial charge on any atom is -0.367 e. The summed E-state index contributed by atoms with van der Waals surface area (Å²) in [4.78, 5) is 15.3. The number of fused-ring (bicyclic) bond motifs is 1. The van der Waals surface area contributed by atoms with E-state index in [1.807, 2.05) is 0 Å². The lowest BCUT2D eigenvalue weighted by molar-refractivity contribution is -0.137. The van der Waals surface area contributed by atoms with Crippen molar-refractivity contribution < 1.29 is 13.2 Å². The van der Waals surface area contributed by atoms with Crippen LogP contribution in [0.5, 0.6) is 0 Å². The lowest BCUT2D eigenvalue weighted by Gasteiger charge is -2.30. The van der Waals surface area contributed by atoms with E-state index in [0.29, 0.717) is 47.7 Å². The Morgan fingerprint density at radius 3 is 2.29 bits per heavy atom. The number of nitrogens with one attached hydrogen (secondary N) is 1. The number of hydrogen-bond acceptors (Lipinski definition) is 5. The Hall–Kier alpha value is -2.39. The molecule has 2 heterocycles. The fourth-order valence-corrected chi connectivity index (χ4v) is 3.73. The highest BCUT2D eigenvalue weighted by molar-refractivity contribution is 6.28. The van der Waals surface area contributed by atoms with E-state index in [-0.39, 0.29) is 5.28 Å². The zero-order valence-corrected chi connectivity index (χ0v) is 18.7. The predicted molar refractivity (Wildman–Crippen MR) is 116 cm³/mol. The first kappa shape index (κ1) is 23.3. The number of nitrogens with zero attached hydrogens (tertiary/aromatic N) is 5. The third-order valence-electron chi connectivity index (χ3n) is 5.06. The van der Waals surface area contributed by atoms with Gasteiger partial charge in [-0.25, -0.2) is 4.98 Å². The molecule has 1 aromatic carbocycles. The molecule has 1 N–H and O–H groups in total. The maximum atomic E-state index is 12.8. The molecule has 0 radical (unpaired) electrons. The van der Waals surface area contributed by atoms with Crippen molar-refractivity contribution in [1.29, 1.82) is 0 Å². The van der Waals surface area contributed by atoms with E-state index in [4.69, 9.17) is 11.6 Å². The number of imidazole rings is 1. The van der Waals surface area contributed by atoms with Gasteiger partial charge >= 0.3 is 6.18 Å². The highest BCUT2D eigenvalue weighted by Crippen LogP contribution is 2.29. The second-order valence-corrected chi connectivity index (χ2v) is 8.27. The molecule has 0 bridgehead atoms. The van der Waals surface area contributed by atoms with Gasteiger partial charge in [0.25, 0.3) is 0 Å². The zero-order valence-electron chi connectivity index (χ0n) is 17.9. The first-order valence-electron chi connectivity index (χ1n) is 10.1. The SMILES string of the molecule is CC(C)N(CCNc1nc(Cl)nc2c1ncn2Cc1ccc(C(F)(F)F)cc1)C(C)C. The second kappa shape index (κ2) is 9.40. The molecule has 31 heavy (non-hydrogen) atoms. The largest absolute Gasteiger partial charge is 0.416 e. The summed E-state index contributed by atoms with van der Waals surface area (Å²) in [5.74, 6) is 0.536. The molecular formula is C21H26ClF3N6. The fourth-order valence-electron chi connectivity index (χ4n) is 3.57.